The van der Waals surface area contributed by atoms with Gasteiger partial charge in [-0.25, -0.2) is 13.4 Å². The number of nitro benzene ring substituents is 1. The first-order valence-electron chi connectivity index (χ1n) is 9.51. The zero-order valence-corrected chi connectivity index (χ0v) is 17.7. The fraction of sp³-hybridized carbons (Fsp3) is 0.526. The van der Waals surface area contributed by atoms with E-state index in [-0.39, 0.29) is 10.6 Å². The summed E-state index contributed by atoms with van der Waals surface area (Å²) in [7, 11) is -3.49. The van der Waals surface area contributed by atoms with E-state index in [0.717, 1.165) is 55.6 Å². The van der Waals surface area contributed by atoms with Crippen LogP contribution in [0.1, 0.15) is 30.2 Å². The number of likely N-dealkylation sites (tertiary alicyclic amines) is 1. The van der Waals surface area contributed by atoms with E-state index < -0.39 is 14.8 Å². The first-order chi connectivity index (χ1) is 13.6. The number of nitro groups is 1. The lowest BCUT2D eigenvalue weighted by molar-refractivity contribution is -0.384. The topological polar surface area (TPSA) is 119 Å². The highest BCUT2D eigenvalue weighted by molar-refractivity contribution is 7.90. The van der Waals surface area contributed by atoms with Gasteiger partial charge in [-0.3, -0.25) is 15.0 Å². The Hall–Kier alpha value is -2.46. The monoisotopic (exact) mass is 422 g/mol. The summed E-state index contributed by atoms with van der Waals surface area (Å²) in [6.45, 7) is 6.94. The number of anilines is 1. The molecule has 1 saturated heterocycles. The van der Waals surface area contributed by atoms with Crippen LogP contribution in [0.5, 0.6) is 0 Å². The van der Waals surface area contributed by atoms with E-state index in [2.05, 4.69) is 15.2 Å². The second-order valence-corrected chi connectivity index (χ2v) is 9.57. The SMILES string of the molecule is Cc1nc(CN2CCC(CNc3ccc(S(C)(=O)=O)cc3[N+](=O)[O-])CC2)oc1C. The van der Waals surface area contributed by atoms with Crippen molar-refractivity contribution in [3.8, 4) is 0 Å². The molecular weight excluding hydrogens is 396 g/mol. The molecule has 1 aliphatic rings. The Balaban J connectivity index is 1.55. The van der Waals surface area contributed by atoms with E-state index in [9.17, 15) is 18.5 Å². The number of nitrogens with zero attached hydrogens (tertiary/aromatic N) is 3. The van der Waals surface area contributed by atoms with Gasteiger partial charge in [0.25, 0.3) is 5.69 Å². The van der Waals surface area contributed by atoms with Gasteiger partial charge in [-0.1, -0.05) is 0 Å². The summed E-state index contributed by atoms with van der Waals surface area (Å²) in [5.41, 5.74) is 1.04. The third-order valence-corrected chi connectivity index (χ3v) is 6.42. The fourth-order valence-electron chi connectivity index (χ4n) is 3.44. The molecule has 2 aromatic rings. The number of sulfone groups is 1. The van der Waals surface area contributed by atoms with Crippen LogP contribution in [0.3, 0.4) is 0 Å². The van der Waals surface area contributed by atoms with Crippen LogP contribution < -0.4 is 5.32 Å². The Morgan fingerprint density at radius 2 is 2.00 bits per heavy atom. The number of hydrogen-bond acceptors (Lipinski definition) is 8. The standard InChI is InChI=1S/C19H26N4O5S/c1-13-14(2)28-19(21-13)12-22-8-6-15(7-9-22)11-20-17-5-4-16(29(3,26)27)10-18(17)23(24)25/h4-5,10,15,20H,6-9,11-12H2,1-3H3. The zero-order chi connectivity index (χ0) is 21.2. The molecule has 0 spiro atoms. The van der Waals surface area contributed by atoms with Crippen LogP contribution in [0.4, 0.5) is 11.4 Å². The minimum atomic E-state index is -3.49. The first-order valence-corrected chi connectivity index (χ1v) is 11.4. The Bertz CT molecular complexity index is 975. The van der Waals surface area contributed by atoms with Gasteiger partial charge in [0.05, 0.1) is 22.1 Å². The molecule has 0 aliphatic carbocycles. The third-order valence-electron chi connectivity index (χ3n) is 5.31. The molecule has 1 N–H and O–H groups in total. The molecule has 1 aromatic carbocycles. The molecule has 9 nitrogen and oxygen atoms in total. The predicted molar refractivity (Wildman–Crippen MR) is 109 cm³/mol. The smallest absolute Gasteiger partial charge is 0.293 e. The van der Waals surface area contributed by atoms with Crippen molar-refractivity contribution in [2.45, 2.75) is 38.1 Å². The lowest BCUT2D eigenvalue weighted by Gasteiger charge is -2.31. The quantitative estimate of drug-likeness (QED) is 0.534. The summed E-state index contributed by atoms with van der Waals surface area (Å²) in [5.74, 6) is 1.97. The molecule has 2 heterocycles. The van der Waals surface area contributed by atoms with Crippen LogP contribution in [0.15, 0.2) is 27.5 Å². The number of benzene rings is 1. The number of piperidine rings is 1. The average molecular weight is 423 g/mol. The van der Waals surface area contributed by atoms with Crippen molar-refractivity contribution >= 4 is 21.2 Å². The average Bonchev–Trinajstić information content (AvgIpc) is 2.97. The molecule has 0 amide bonds. The number of rotatable bonds is 7. The largest absolute Gasteiger partial charge is 0.444 e. The molecule has 0 atom stereocenters. The van der Waals surface area contributed by atoms with E-state index >= 15 is 0 Å². The fourth-order valence-corrected chi connectivity index (χ4v) is 4.08. The van der Waals surface area contributed by atoms with Crippen molar-refractivity contribution < 1.29 is 17.8 Å². The van der Waals surface area contributed by atoms with Gasteiger partial charge in [0.15, 0.2) is 9.84 Å². The van der Waals surface area contributed by atoms with Crippen molar-refractivity contribution in [3.05, 3.63) is 45.7 Å². The molecule has 29 heavy (non-hydrogen) atoms. The van der Waals surface area contributed by atoms with Crippen LogP contribution in [0.2, 0.25) is 0 Å². The molecule has 0 radical (unpaired) electrons. The van der Waals surface area contributed by atoms with E-state index in [4.69, 9.17) is 4.42 Å². The molecule has 0 saturated carbocycles. The van der Waals surface area contributed by atoms with Crippen molar-refractivity contribution in [2.24, 2.45) is 5.92 Å². The first kappa shape index (κ1) is 21.3. The van der Waals surface area contributed by atoms with Gasteiger partial charge in [-0.05, 0) is 57.8 Å². The number of hydrogen-bond donors (Lipinski definition) is 1. The molecule has 1 aromatic heterocycles. The lowest BCUT2D eigenvalue weighted by atomic mass is 9.96. The second kappa shape index (κ2) is 8.50. The van der Waals surface area contributed by atoms with Crippen LogP contribution in [0.25, 0.3) is 0 Å². The van der Waals surface area contributed by atoms with Crippen molar-refractivity contribution in [2.75, 3.05) is 31.2 Å². The molecule has 3 rings (SSSR count). The summed E-state index contributed by atoms with van der Waals surface area (Å²) in [5, 5.41) is 14.5. The Morgan fingerprint density at radius 1 is 1.31 bits per heavy atom. The molecule has 1 fully saturated rings. The Morgan fingerprint density at radius 3 is 2.55 bits per heavy atom. The molecular formula is C19H26N4O5S. The van der Waals surface area contributed by atoms with E-state index in [1.165, 1.54) is 12.1 Å². The van der Waals surface area contributed by atoms with Crippen molar-refractivity contribution in [3.63, 3.8) is 0 Å². The number of aryl methyl sites for hydroxylation is 2. The van der Waals surface area contributed by atoms with Gasteiger partial charge >= 0.3 is 0 Å². The normalized spacial score (nSPS) is 16.1. The lowest BCUT2D eigenvalue weighted by Crippen LogP contribution is -2.35. The van der Waals surface area contributed by atoms with Gasteiger partial charge in [0.1, 0.15) is 11.4 Å². The van der Waals surface area contributed by atoms with Crippen LogP contribution in [-0.2, 0) is 16.4 Å². The van der Waals surface area contributed by atoms with E-state index in [1.807, 2.05) is 13.8 Å². The Labute approximate surface area is 170 Å². The van der Waals surface area contributed by atoms with Gasteiger partial charge in [0.2, 0.25) is 5.89 Å². The maximum absolute atomic E-state index is 11.6. The number of nitrogens with one attached hydrogen (secondary N) is 1. The molecule has 0 bridgehead atoms. The maximum atomic E-state index is 11.6. The number of oxazole rings is 1. The molecule has 0 unspecified atom stereocenters. The van der Waals surface area contributed by atoms with Crippen molar-refractivity contribution in [1.29, 1.82) is 0 Å². The van der Waals surface area contributed by atoms with Crippen LogP contribution in [-0.4, -0.2) is 49.1 Å². The van der Waals surface area contributed by atoms with Crippen LogP contribution in [0, 0.1) is 29.9 Å². The van der Waals surface area contributed by atoms with Gasteiger partial charge in [-0.2, -0.15) is 0 Å². The highest BCUT2D eigenvalue weighted by atomic mass is 32.2. The van der Waals surface area contributed by atoms with Gasteiger partial charge in [-0.15, -0.1) is 0 Å². The van der Waals surface area contributed by atoms with Crippen LogP contribution >= 0.6 is 0 Å². The van der Waals surface area contributed by atoms with Crippen molar-refractivity contribution in [1.82, 2.24) is 9.88 Å². The summed E-state index contributed by atoms with van der Waals surface area (Å²) in [6.07, 6.45) is 2.95. The predicted octanol–water partition coefficient (Wildman–Crippen LogP) is 2.93. The minimum Gasteiger partial charge on any atom is -0.444 e. The maximum Gasteiger partial charge on any atom is 0.293 e. The van der Waals surface area contributed by atoms with Gasteiger partial charge in [0, 0.05) is 18.9 Å². The second-order valence-electron chi connectivity index (χ2n) is 7.56. The van der Waals surface area contributed by atoms with E-state index in [0.29, 0.717) is 24.7 Å². The third kappa shape index (κ3) is 5.33. The highest BCUT2D eigenvalue weighted by Gasteiger charge is 2.23. The molecule has 158 valence electrons. The molecule has 10 heteroatoms. The Kier molecular flexibility index (Phi) is 6.23. The summed E-state index contributed by atoms with van der Waals surface area (Å²) < 4.78 is 28.9. The zero-order valence-electron chi connectivity index (χ0n) is 16.8. The van der Waals surface area contributed by atoms with E-state index in [1.54, 1.807) is 0 Å². The number of aromatic nitrogens is 1. The summed E-state index contributed by atoms with van der Waals surface area (Å²) in [4.78, 5) is 17.5. The van der Waals surface area contributed by atoms with Gasteiger partial charge < -0.3 is 9.73 Å². The minimum absolute atomic E-state index is 0.0555. The highest BCUT2D eigenvalue weighted by Crippen LogP contribution is 2.29. The summed E-state index contributed by atoms with van der Waals surface area (Å²) >= 11 is 0. The molecule has 1 aliphatic heterocycles. The summed E-state index contributed by atoms with van der Waals surface area (Å²) in [6, 6.07) is 3.98.